The van der Waals surface area contributed by atoms with Crippen molar-refractivity contribution in [3.05, 3.63) is 0 Å². The predicted molar refractivity (Wildman–Crippen MR) is 82.8 cm³/mol. The van der Waals surface area contributed by atoms with Crippen molar-refractivity contribution in [1.82, 2.24) is 0 Å². The van der Waals surface area contributed by atoms with Crippen LogP contribution in [-0.2, 0) is 45.8 Å². The molecule has 19 nitrogen and oxygen atoms in total. The zero-order valence-electron chi connectivity index (χ0n) is 13.8. The molecule has 8 N–H and O–H groups in total. The minimum Gasteiger partial charge on any atom is -0.425 e. The average molecular weight is 526 g/mol. The highest BCUT2D eigenvalue weighted by atomic mass is 31.2. The average Bonchev–Trinajstić information content (AvgIpc) is 2.44. The van der Waals surface area contributed by atoms with Gasteiger partial charge in [-0.1, -0.05) is 0 Å². The second kappa shape index (κ2) is 8.57. The predicted octanol–water partition coefficient (Wildman–Crippen LogP) is -2.18. The highest BCUT2D eigenvalue weighted by Gasteiger charge is 2.64. The van der Waals surface area contributed by atoms with Gasteiger partial charge in [-0.15, -0.1) is 0 Å². The van der Waals surface area contributed by atoms with Crippen LogP contribution in [0.25, 0.3) is 0 Å². The lowest BCUT2D eigenvalue weighted by Crippen LogP contribution is -2.69. The second-order valence-corrected chi connectivity index (χ2v) is 10.4. The first-order valence-electron chi connectivity index (χ1n) is 7.09. The van der Waals surface area contributed by atoms with Crippen LogP contribution < -0.4 is 0 Å². The molecule has 1 saturated heterocycles. The Labute approximate surface area is 164 Å². The van der Waals surface area contributed by atoms with Crippen LogP contribution >= 0.6 is 31.3 Å². The van der Waals surface area contributed by atoms with Gasteiger partial charge in [0, 0.05) is 0 Å². The first-order chi connectivity index (χ1) is 13.3. The number of phosphoric acid groups is 4. The van der Waals surface area contributed by atoms with Gasteiger partial charge < -0.3 is 48.6 Å². The third-order valence-corrected chi connectivity index (χ3v) is 5.52. The molecule has 0 aromatic heterocycles. The summed E-state index contributed by atoms with van der Waals surface area (Å²) in [5.74, 6) is 0. The number of fused-ring (bicyclic) bond motifs is 2. The third kappa shape index (κ3) is 7.39. The summed E-state index contributed by atoms with van der Waals surface area (Å²) in [6.07, 6.45) is -16.1. The molecule has 2 rings (SSSR count). The number of hydrogen-bond acceptors (Lipinski definition) is 11. The van der Waals surface area contributed by atoms with Crippen molar-refractivity contribution in [2.45, 2.75) is 36.6 Å². The van der Waals surface area contributed by atoms with Gasteiger partial charge in [-0.2, -0.15) is 0 Å². The van der Waals surface area contributed by atoms with Crippen molar-refractivity contribution >= 4 is 37.4 Å². The summed E-state index contributed by atoms with van der Waals surface area (Å²) in [6, 6.07) is 0. The van der Waals surface area contributed by atoms with E-state index in [9.17, 15) is 23.1 Å². The van der Waals surface area contributed by atoms with Crippen LogP contribution in [0.3, 0.4) is 0 Å². The molecule has 2 fully saturated rings. The van der Waals surface area contributed by atoms with Gasteiger partial charge in [-0.25, -0.2) is 23.1 Å². The zero-order valence-corrected chi connectivity index (χ0v) is 17.4. The maximum Gasteiger partial charge on any atom is 0.509 e. The zero-order chi connectivity index (χ0) is 23.3. The smallest absolute Gasteiger partial charge is 0.425 e. The number of carbonyl (C=O) groups is 1. The molecule has 1 aliphatic heterocycles. The van der Waals surface area contributed by atoms with Gasteiger partial charge in [0.1, 0.15) is 24.4 Å². The summed E-state index contributed by atoms with van der Waals surface area (Å²) in [5, 5.41) is 0. The van der Waals surface area contributed by atoms with E-state index in [1.54, 1.807) is 0 Å². The van der Waals surface area contributed by atoms with Crippen LogP contribution in [0.2, 0.25) is 0 Å². The van der Waals surface area contributed by atoms with Crippen molar-refractivity contribution in [2.24, 2.45) is 0 Å². The summed E-state index contributed by atoms with van der Waals surface area (Å²) in [4.78, 5) is 84.0. The number of rotatable bonds is 8. The van der Waals surface area contributed by atoms with E-state index in [1.165, 1.54) is 0 Å². The van der Waals surface area contributed by atoms with Crippen LogP contribution in [0, 0.1) is 0 Å². The minimum atomic E-state index is -5.62. The van der Waals surface area contributed by atoms with Crippen molar-refractivity contribution < 1.29 is 89.8 Å². The molecular formula is C7H14O19P4. The molecule has 2 unspecified atom stereocenters. The minimum absolute atomic E-state index is 1.69. The van der Waals surface area contributed by atoms with Gasteiger partial charge in [0.15, 0.2) is 12.2 Å². The van der Waals surface area contributed by atoms with Crippen LogP contribution in [0.4, 0.5) is 4.79 Å². The Morgan fingerprint density at radius 2 is 0.800 bits per heavy atom. The molecule has 0 aromatic carbocycles. The van der Waals surface area contributed by atoms with Crippen molar-refractivity contribution in [3.8, 4) is 0 Å². The van der Waals surface area contributed by atoms with E-state index in [-0.39, 0.29) is 0 Å². The second-order valence-electron chi connectivity index (χ2n) is 5.66. The number of carbonyl (C=O) groups excluding carboxylic acids is 1. The van der Waals surface area contributed by atoms with E-state index in [2.05, 4.69) is 27.6 Å². The molecule has 176 valence electrons. The third-order valence-electron chi connectivity index (χ3n) is 3.44. The molecular weight excluding hydrogens is 512 g/mol. The quantitative estimate of drug-likeness (QED) is 0.123. The topological polar surface area (TPSA) is 303 Å². The lowest BCUT2D eigenvalue weighted by Gasteiger charge is -2.50. The Morgan fingerprint density at radius 3 is 1.10 bits per heavy atom. The highest BCUT2D eigenvalue weighted by molar-refractivity contribution is 7.47. The molecule has 0 radical (unpaired) electrons. The van der Waals surface area contributed by atoms with Gasteiger partial charge in [0.25, 0.3) is 0 Å². The maximum atomic E-state index is 11.6. The molecule has 1 heterocycles. The molecule has 6 atom stereocenters. The fourth-order valence-corrected chi connectivity index (χ4v) is 4.98. The molecule has 1 aliphatic carbocycles. The summed E-state index contributed by atoms with van der Waals surface area (Å²) >= 11 is 0. The molecule has 0 spiro atoms. The Kier molecular flexibility index (Phi) is 7.42. The number of hydrogen-bond donors (Lipinski definition) is 8. The molecule has 2 aliphatic rings. The lowest BCUT2D eigenvalue weighted by atomic mass is 9.84. The first-order valence-corrected chi connectivity index (χ1v) is 13.2. The van der Waals surface area contributed by atoms with E-state index < -0.39 is 74.1 Å². The SMILES string of the molecule is O=C1O[C@@H]2C(OP(=O)(O)O)[C@H](O1)[C@@H](OP(=O)(O)O)C(OP(=O)(O)O)[C@H]2OP(=O)(O)O. The maximum absolute atomic E-state index is 11.6. The monoisotopic (exact) mass is 526 g/mol. The van der Waals surface area contributed by atoms with Gasteiger partial charge in [-0.3, -0.25) is 18.1 Å². The Hall–Kier alpha value is -0.290. The van der Waals surface area contributed by atoms with Gasteiger partial charge in [0.2, 0.25) is 0 Å². The summed E-state index contributed by atoms with van der Waals surface area (Å²) in [6.45, 7) is 0. The molecule has 0 amide bonds. The molecule has 0 aromatic rings. The molecule has 23 heteroatoms. The first kappa shape index (κ1) is 26.0. The number of phosphoric ester groups is 4. The largest absolute Gasteiger partial charge is 0.509 e. The fourth-order valence-electron chi connectivity index (χ4n) is 2.75. The van der Waals surface area contributed by atoms with Crippen molar-refractivity contribution in [2.75, 3.05) is 0 Å². The lowest BCUT2D eigenvalue weighted by molar-refractivity contribution is -0.245. The summed E-state index contributed by atoms with van der Waals surface area (Å²) in [7, 11) is -22.3. The summed E-state index contributed by atoms with van der Waals surface area (Å²) in [5.41, 5.74) is 0. The molecule has 2 bridgehead atoms. The van der Waals surface area contributed by atoms with Gasteiger partial charge in [-0.05, 0) is 0 Å². The van der Waals surface area contributed by atoms with Gasteiger partial charge >= 0.3 is 37.4 Å². The highest BCUT2D eigenvalue weighted by Crippen LogP contribution is 2.54. The van der Waals surface area contributed by atoms with E-state index in [4.69, 9.17) is 39.1 Å². The van der Waals surface area contributed by atoms with E-state index in [1.807, 2.05) is 0 Å². The molecule has 30 heavy (non-hydrogen) atoms. The van der Waals surface area contributed by atoms with E-state index in [0.29, 0.717) is 0 Å². The van der Waals surface area contributed by atoms with E-state index in [0.717, 1.165) is 0 Å². The van der Waals surface area contributed by atoms with Crippen LogP contribution in [0.5, 0.6) is 0 Å². The van der Waals surface area contributed by atoms with Crippen molar-refractivity contribution in [3.63, 3.8) is 0 Å². The Morgan fingerprint density at radius 1 is 0.533 bits per heavy atom. The number of ether oxygens (including phenoxy) is 2. The Bertz CT molecular complexity index is 801. The van der Waals surface area contributed by atoms with Crippen molar-refractivity contribution in [1.29, 1.82) is 0 Å². The van der Waals surface area contributed by atoms with Crippen LogP contribution in [0.1, 0.15) is 0 Å². The normalized spacial score (nSPS) is 33.0. The molecule has 1 saturated carbocycles. The van der Waals surface area contributed by atoms with E-state index >= 15 is 0 Å². The Balaban J connectivity index is 2.64. The fraction of sp³-hybridized carbons (Fsp3) is 0.857. The van der Waals surface area contributed by atoms with Gasteiger partial charge in [0.05, 0.1) is 0 Å². The summed E-state index contributed by atoms with van der Waals surface area (Å²) < 4.78 is 71.2. The van der Waals surface area contributed by atoms with Crippen LogP contribution in [0.15, 0.2) is 0 Å². The standard InChI is InChI=1S/C7H14O19P4/c8-7-21-1-3(23-27(9,10)11)2(22-7)5(25-29(15,16)17)6(26-30(18,19)20)4(1)24-28(12,13)14/h1-6H,(H2,9,10,11)(H2,12,13,14)(H2,15,16,17)(H2,18,19,20)/t1-,2+,3?,4+,5-,6?. The van der Waals surface area contributed by atoms with Crippen LogP contribution in [-0.4, -0.2) is 81.9 Å².